The first-order valence-corrected chi connectivity index (χ1v) is 5.37. The third-order valence-electron chi connectivity index (χ3n) is 2.26. The van der Waals surface area contributed by atoms with E-state index in [0.29, 0.717) is 11.4 Å². The van der Waals surface area contributed by atoms with Crippen molar-refractivity contribution in [3.05, 3.63) is 40.7 Å². The van der Waals surface area contributed by atoms with Crippen LogP contribution in [0.5, 0.6) is 0 Å². The van der Waals surface area contributed by atoms with Crippen molar-refractivity contribution in [2.45, 2.75) is 13.3 Å². The Balaban J connectivity index is 2.35. The van der Waals surface area contributed by atoms with Crippen LogP contribution in [0.15, 0.2) is 24.4 Å². The zero-order valence-corrected chi connectivity index (χ0v) is 9.65. The molecule has 1 N–H and O–H groups in total. The van der Waals surface area contributed by atoms with Gasteiger partial charge in [0, 0.05) is 13.0 Å². The van der Waals surface area contributed by atoms with E-state index in [2.05, 4.69) is 10.3 Å². The molecule has 2 aromatic rings. The molecule has 0 aliphatic rings. The lowest BCUT2D eigenvalue weighted by molar-refractivity contribution is 0.298. The van der Waals surface area contributed by atoms with Crippen molar-refractivity contribution < 1.29 is 5.11 Å². The van der Waals surface area contributed by atoms with E-state index in [9.17, 15) is 0 Å². The Morgan fingerprint density at radius 2 is 2.25 bits per heavy atom. The van der Waals surface area contributed by atoms with Crippen molar-refractivity contribution in [1.29, 1.82) is 0 Å². The number of hydrogen-bond acceptors (Lipinski definition) is 3. The number of rotatable bonds is 3. The molecule has 5 heteroatoms. The smallest absolute Gasteiger partial charge is 0.0854 e. The highest BCUT2D eigenvalue weighted by atomic mass is 35.5. The van der Waals surface area contributed by atoms with Crippen LogP contribution in [0.2, 0.25) is 5.02 Å². The van der Waals surface area contributed by atoms with Crippen molar-refractivity contribution in [1.82, 2.24) is 15.0 Å². The van der Waals surface area contributed by atoms with Gasteiger partial charge < -0.3 is 5.11 Å². The van der Waals surface area contributed by atoms with Crippen LogP contribution in [-0.4, -0.2) is 26.7 Å². The average molecular weight is 238 g/mol. The fraction of sp³-hybridized carbons (Fsp3) is 0.273. The minimum atomic E-state index is 0.0698. The highest BCUT2D eigenvalue weighted by Crippen LogP contribution is 2.20. The Labute approximate surface area is 98.5 Å². The normalized spacial score (nSPS) is 10.7. The van der Waals surface area contributed by atoms with Gasteiger partial charge in [0.2, 0.25) is 0 Å². The number of benzene rings is 1. The van der Waals surface area contributed by atoms with E-state index < -0.39 is 0 Å². The van der Waals surface area contributed by atoms with E-state index in [4.69, 9.17) is 16.7 Å². The van der Waals surface area contributed by atoms with Gasteiger partial charge >= 0.3 is 0 Å². The van der Waals surface area contributed by atoms with Crippen LogP contribution in [0.25, 0.3) is 5.69 Å². The Hall–Kier alpha value is -1.39. The van der Waals surface area contributed by atoms with Gasteiger partial charge in [-0.1, -0.05) is 22.9 Å². The second kappa shape index (κ2) is 4.63. The monoisotopic (exact) mass is 237 g/mol. The van der Waals surface area contributed by atoms with Gasteiger partial charge in [-0.2, -0.15) is 0 Å². The van der Waals surface area contributed by atoms with Gasteiger partial charge in [-0.3, -0.25) is 0 Å². The summed E-state index contributed by atoms with van der Waals surface area (Å²) in [7, 11) is 0. The number of aliphatic hydroxyl groups excluding tert-OH is 1. The number of aromatic nitrogens is 3. The fourth-order valence-corrected chi connectivity index (χ4v) is 1.76. The maximum atomic E-state index is 8.79. The molecule has 0 saturated heterocycles. The van der Waals surface area contributed by atoms with Crippen LogP contribution < -0.4 is 0 Å². The van der Waals surface area contributed by atoms with Gasteiger partial charge in [-0.25, -0.2) is 4.68 Å². The molecule has 0 bridgehead atoms. The molecular formula is C11H12ClN3O. The highest BCUT2D eigenvalue weighted by molar-refractivity contribution is 6.32. The Bertz CT molecular complexity index is 496. The van der Waals surface area contributed by atoms with Gasteiger partial charge in [0.15, 0.2) is 0 Å². The zero-order chi connectivity index (χ0) is 11.5. The van der Waals surface area contributed by atoms with Crippen LogP contribution in [0.1, 0.15) is 11.3 Å². The number of nitrogens with zero attached hydrogens (tertiary/aromatic N) is 3. The van der Waals surface area contributed by atoms with Gasteiger partial charge in [-0.15, -0.1) is 5.10 Å². The number of hydrogen-bond donors (Lipinski definition) is 1. The molecule has 4 nitrogen and oxygen atoms in total. The average Bonchev–Trinajstić information content (AvgIpc) is 2.67. The third-order valence-corrected chi connectivity index (χ3v) is 2.56. The highest BCUT2D eigenvalue weighted by Gasteiger charge is 2.06. The second-order valence-electron chi connectivity index (χ2n) is 3.58. The molecule has 1 aromatic heterocycles. The standard InChI is InChI=1S/C11H12ClN3O/c1-8-2-3-11(10(12)6-8)15-7-9(4-5-16)13-14-15/h2-3,6-7,16H,4-5H2,1H3. The molecule has 0 unspecified atom stereocenters. The van der Waals surface area contributed by atoms with Crippen LogP contribution in [0, 0.1) is 6.92 Å². The van der Waals surface area contributed by atoms with E-state index in [1.165, 1.54) is 0 Å². The quantitative estimate of drug-likeness (QED) is 0.885. The number of halogens is 1. The van der Waals surface area contributed by atoms with Crippen LogP contribution in [0.3, 0.4) is 0 Å². The lowest BCUT2D eigenvalue weighted by Crippen LogP contribution is -1.96. The minimum absolute atomic E-state index is 0.0698. The molecule has 1 aromatic carbocycles. The fourth-order valence-electron chi connectivity index (χ4n) is 1.44. The zero-order valence-electron chi connectivity index (χ0n) is 8.89. The van der Waals surface area contributed by atoms with Crippen molar-refractivity contribution in [3.8, 4) is 5.69 Å². The molecule has 0 atom stereocenters. The predicted molar refractivity (Wildman–Crippen MR) is 61.9 cm³/mol. The summed E-state index contributed by atoms with van der Waals surface area (Å²) in [5, 5.41) is 17.3. The summed E-state index contributed by atoms with van der Waals surface area (Å²) in [6, 6.07) is 5.74. The molecular weight excluding hydrogens is 226 g/mol. The first kappa shape index (κ1) is 11.1. The molecule has 2 rings (SSSR count). The summed E-state index contributed by atoms with van der Waals surface area (Å²) in [6.07, 6.45) is 2.27. The van der Waals surface area contributed by atoms with E-state index in [1.807, 2.05) is 25.1 Å². The van der Waals surface area contributed by atoms with Crippen molar-refractivity contribution in [2.24, 2.45) is 0 Å². The van der Waals surface area contributed by atoms with Gasteiger partial charge in [0.25, 0.3) is 0 Å². The largest absolute Gasteiger partial charge is 0.396 e. The molecule has 84 valence electrons. The molecule has 0 radical (unpaired) electrons. The van der Waals surface area contributed by atoms with Crippen LogP contribution in [0.4, 0.5) is 0 Å². The minimum Gasteiger partial charge on any atom is -0.396 e. The van der Waals surface area contributed by atoms with Gasteiger partial charge in [0.1, 0.15) is 0 Å². The summed E-state index contributed by atoms with van der Waals surface area (Å²) in [6.45, 7) is 2.05. The van der Waals surface area contributed by atoms with E-state index >= 15 is 0 Å². The third kappa shape index (κ3) is 2.23. The first-order chi connectivity index (χ1) is 7.70. The SMILES string of the molecule is Cc1ccc(-n2cc(CCO)nn2)c(Cl)c1. The molecule has 0 aliphatic carbocycles. The number of aryl methyl sites for hydroxylation is 1. The topological polar surface area (TPSA) is 50.9 Å². The van der Waals surface area contributed by atoms with Crippen LogP contribution >= 0.6 is 11.6 Å². The summed E-state index contributed by atoms with van der Waals surface area (Å²) < 4.78 is 1.62. The van der Waals surface area contributed by atoms with E-state index in [1.54, 1.807) is 10.9 Å². The molecule has 0 fully saturated rings. The molecule has 0 amide bonds. The van der Waals surface area contributed by atoms with Gasteiger partial charge in [-0.05, 0) is 24.6 Å². The van der Waals surface area contributed by atoms with Crippen molar-refractivity contribution in [2.75, 3.05) is 6.61 Å². The summed E-state index contributed by atoms with van der Waals surface area (Å²) in [5.74, 6) is 0. The summed E-state index contributed by atoms with van der Waals surface area (Å²) in [4.78, 5) is 0. The second-order valence-corrected chi connectivity index (χ2v) is 3.99. The van der Waals surface area contributed by atoms with Crippen molar-refractivity contribution in [3.63, 3.8) is 0 Å². The van der Waals surface area contributed by atoms with Gasteiger partial charge in [0.05, 0.1) is 22.6 Å². The lowest BCUT2D eigenvalue weighted by atomic mass is 10.2. The first-order valence-electron chi connectivity index (χ1n) is 4.99. The molecule has 16 heavy (non-hydrogen) atoms. The van der Waals surface area contributed by atoms with Crippen molar-refractivity contribution >= 4 is 11.6 Å². The number of aliphatic hydroxyl groups is 1. The molecule has 0 aliphatic heterocycles. The molecule has 1 heterocycles. The maximum Gasteiger partial charge on any atom is 0.0854 e. The predicted octanol–water partition coefficient (Wildman–Crippen LogP) is 1.76. The van der Waals surface area contributed by atoms with Crippen LogP contribution in [-0.2, 0) is 6.42 Å². The summed E-state index contributed by atoms with van der Waals surface area (Å²) >= 11 is 6.11. The molecule has 0 spiro atoms. The summed E-state index contributed by atoms with van der Waals surface area (Å²) in [5.41, 5.74) is 2.65. The Kier molecular flexibility index (Phi) is 3.22. The maximum absolute atomic E-state index is 8.79. The van der Waals surface area contributed by atoms with E-state index in [0.717, 1.165) is 16.9 Å². The Morgan fingerprint density at radius 1 is 1.44 bits per heavy atom. The lowest BCUT2D eigenvalue weighted by Gasteiger charge is -2.03. The molecule has 0 saturated carbocycles. The Morgan fingerprint density at radius 3 is 2.94 bits per heavy atom. The van der Waals surface area contributed by atoms with E-state index in [-0.39, 0.29) is 6.61 Å².